The Morgan fingerprint density at radius 2 is 1.75 bits per heavy atom. The van der Waals surface area contributed by atoms with Crippen LogP contribution in [0, 0.1) is 0 Å². The lowest BCUT2D eigenvalue weighted by atomic mass is 10.2. The van der Waals surface area contributed by atoms with Gasteiger partial charge in [-0.3, -0.25) is 0 Å². The van der Waals surface area contributed by atoms with E-state index in [4.69, 9.17) is 32.7 Å². The lowest BCUT2D eigenvalue weighted by molar-refractivity contribution is 0.206. The Hall–Kier alpha value is -3.07. The Labute approximate surface area is 196 Å². The molecule has 0 radical (unpaired) electrons. The van der Waals surface area contributed by atoms with Gasteiger partial charge in [-0.2, -0.15) is 4.98 Å². The molecule has 1 N–H and O–H groups in total. The summed E-state index contributed by atoms with van der Waals surface area (Å²) in [6, 6.07) is 13.2. The van der Waals surface area contributed by atoms with Gasteiger partial charge < -0.3 is 19.7 Å². The first-order valence-corrected chi connectivity index (χ1v) is 10.4. The van der Waals surface area contributed by atoms with Crippen molar-refractivity contribution in [1.29, 1.82) is 0 Å². The summed E-state index contributed by atoms with van der Waals surface area (Å²) < 4.78 is 10.4. The van der Waals surface area contributed by atoms with Crippen LogP contribution in [0.4, 0.5) is 27.9 Å². The van der Waals surface area contributed by atoms with E-state index in [1.165, 1.54) is 4.90 Å². The van der Waals surface area contributed by atoms with Crippen molar-refractivity contribution in [3.63, 3.8) is 0 Å². The van der Waals surface area contributed by atoms with Crippen LogP contribution in [0.15, 0.2) is 54.7 Å². The first kappa shape index (κ1) is 23.6. The van der Waals surface area contributed by atoms with Gasteiger partial charge >= 0.3 is 6.03 Å². The number of carbonyl (C=O) groups is 1. The van der Waals surface area contributed by atoms with Gasteiger partial charge in [-0.1, -0.05) is 29.3 Å². The van der Waals surface area contributed by atoms with Gasteiger partial charge in [-0.25, -0.2) is 14.7 Å². The number of halogens is 2. The highest BCUT2D eigenvalue weighted by Crippen LogP contribution is 2.32. The summed E-state index contributed by atoms with van der Waals surface area (Å²) >= 11 is 12.5. The van der Waals surface area contributed by atoms with E-state index in [1.54, 1.807) is 68.9 Å². The van der Waals surface area contributed by atoms with Crippen molar-refractivity contribution < 1.29 is 14.3 Å². The fourth-order valence-electron chi connectivity index (χ4n) is 2.84. The molecule has 3 rings (SSSR count). The second kappa shape index (κ2) is 11.0. The van der Waals surface area contributed by atoms with Gasteiger partial charge in [0.05, 0.1) is 35.1 Å². The number of nitrogens with zero attached hydrogens (tertiary/aromatic N) is 4. The summed E-state index contributed by atoms with van der Waals surface area (Å²) in [7, 11) is 5.05. The van der Waals surface area contributed by atoms with E-state index in [0.717, 1.165) is 0 Å². The minimum absolute atomic E-state index is 0.311. The maximum atomic E-state index is 13.4. The smallest absolute Gasteiger partial charge is 0.332 e. The van der Waals surface area contributed by atoms with Gasteiger partial charge in [-0.05, 0) is 36.4 Å². The fourth-order valence-corrected chi connectivity index (χ4v) is 3.33. The monoisotopic (exact) mass is 475 g/mol. The highest BCUT2D eigenvalue weighted by Gasteiger charge is 2.22. The molecule has 8 nitrogen and oxygen atoms in total. The molecule has 0 aliphatic rings. The molecule has 2 amide bonds. The van der Waals surface area contributed by atoms with Crippen LogP contribution in [0.1, 0.15) is 0 Å². The van der Waals surface area contributed by atoms with Crippen molar-refractivity contribution >= 4 is 52.4 Å². The highest BCUT2D eigenvalue weighted by atomic mass is 35.5. The molecule has 0 saturated carbocycles. The van der Waals surface area contributed by atoms with Crippen LogP contribution >= 0.6 is 23.2 Å². The third kappa shape index (κ3) is 5.59. The number of benzene rings is 2. The average Bonchev–Trinajstić information content (AvgIpc) is 2.81. The molecule has 168 valence electrons. The Bertz CT molecular complexity index is 1050. The van der Waals surface area contributed by atoms with Crippen molar-refractivity contribution in [2.45, 2.75) is 0 Å². The Morgan fingerprint density at radius 3 is 2.38 bits per heavy atom. The van der Waals surface area contributed by atoms with Crippen LogP contribution in [0.5, 0.6) is 5.75 Å². The van der Waals surface area contributed by atoms with Crippen LogP contribution < -0.4 is 19.9 Å². The molecule has 10 heteroatoms. The van der Waals surface area contributed by atoms with E-state index in [1.807, 2.05) is 11.9 Å². The molecule has 0 unspecified atom stereocenters. The Morgan fingerprint density at radius 1 is 1.06 bits per heavy atom. The molecule has 1 heterocycles. The van der Waals surface area contributed by atoms with E-state index >= 15 is 0 Å². The van der Waals surface area contributed by atoms with Crippen molar-refractivity contribution in [3.05, 3.63) is 64.8 Å². The molecule has 0 spiro atoms. The summed E-state index contributed by atoms with van der Waals surface area (Å²) in [4.78, 5) is 25.5. The number of hydrogen-bond acceptors (Lipinski definition) is 6. The van der Waals surface area contributed by atoms with E-state index in [0.29, 0.717) is 52.1 Å². The summed E-state index contributed by atoms with van der Waals surface area (Å²) in [6.07, 6.45) is 1.59. The number of methoxy groups -OCH3 is 2. The second-order valence-corrected chi connectivity index (χ2v) is 7.50. The first-order chi connectivity index (χ1) is 15.4. The molecule has 0 saturated heterocycles. The van der Waals surface area contributed by atoms with Gasteiger partial charge in [-0.15, -0.1) is 0 Å². The Balaban J connectivity index is 2.00. The van der Waals surface area contributed by atoms with Crippen LogP contribution in [-0.4, -0.2) is 50.4 Å². The number of ether oxygens (including phenoxy) is 2. The number of hydrogen-bond donors (Lipinski definition) is 1. The van der Waals surface area contributed by atoms with Crippen molar-refractivity contribution in [1.82, 2.24) is 9.97 Å². The van der Waals surface area contributed by atoms with Gasteiger partial charge in [0.15, 0.2) is 0 Å². The SMILES string of the molecule is COCCN(C)c1nccc(N(C(=O)Nc2c(Cl)cccc2Cl)c2ccc(OC)cc2)n1. The number of para-hydroxylation sites is 1. The normalized spacial score (nSPS) is 10.5. The summed E-state index contributed by atoms with van der Waals surface area (Å²) in [5.41, 5.74) is 0.876. The molecule has 32 heavy (non-hydrogen) atoms. The summed E-state index contributed by atoms with van der Waals surface area (Å²) in [5.74, 6) is 1.47. The zero-order valence-corrected chi connectivity index (χ0v) is 19.4. The molecule has 0 aliphatic carbocycles. The number of anilines is 4. The quantitative estimate of drug-likeness (QED) is 0.479. The zero-order chi connectivity index (χ0) is 23.1. The number of aromatic nitrogens is 2. The van der Waals surface area contributed by atoms with Gasteiger partial charge in [0, 0.05) is 33.0 Å². The van der Waals surface area contributed by atoms with Gasteiger partial charge in [0.1, 0.15) is 11.6 Å². The number of carbonyl (C=O) groups excluding carboxylic acids is 1. The molecular weight excluding hydrogens is 453 g/mol. The zero-order valence-electron chi connectivity index (χ0n) is 17.9. The Kier molecular flexibility index (Phi) is 8.10. The molecule has 0 aliphatic heterocycles. The van der Waals surface area contributed by atoms with Gasteiger partial charge in [0.2, 0.25) is 5.95 Å². The molecule has 0 atom stereocenters. The predicted octanol–water partition coefficient (Wildman–Crippen LogP) is 5.24. The van der Waals surface area contributed by atoms with Crippen LogP contribution in [0.3, 0.4) is 0 Å². The van der Waals surface area contributed by atoms with Gasteiger partial charge in [0.25, 0.3) is 0 Å². The van der Waals surface area contributed by atoms with Crippen LogP contribution in [0.25, 0.3) is 0 Å². The first-order valence-electron chi connectivity index (χ1n) is 9.67. The third-order valence-corrected chi connectivity index (χ3v) is 5.19. The van der Waals surface area contributed by atoms with E-state index in [9.17, 15) is 4.79 Å². The maximum absolute atomic E-state index is 13.4. The summed E-state index contributed by atoms with van der Waals surface area (Å²) in [6.45, 7) is 1.10. The van der Waals surface area contributed by atoms with Crippen LogP contribution in [0.2, 0.25) is 10.0 Å². The molecule has 0 bridgehead atoms. The van der Waals surface area contributed by atoms with E-state index < -0.39 is 6.03 Å². The molecule has 3 aromatic rings. The lowest BCUT2D eigenvalue weighted by Gasteiger charge is -2.24. The molecule has 2 aromatic carbocycles. The third-order valence-electron chi connectivity index (χ3n) is 4.56. The number of rotatable bonds is 8. The van der Waals surface area contributed by atoms with Crippen molar-refractivity contribution in [3.8, 4) is 5.75 Å². The molecular formula is C22H23Cl2N5O3. The fraction of sp³-hybridized carbons (Fsp3) is 0.227. The average molecular weight is 476 g/mol. The highest BCUT2D eigenvalue weighted by molar-refractivity contribution is 6.40. The minimum atomic E-state index is -0.491. The van der Waals surface area contributed by atoms with Crippen molar-refractivity contribution in [2.24, 2.45) is 0 Å². The molecule has 1 aromatic heterocycles. The van der Waals surface area contributed by atoms with Crippen LogP contribution in [-0.2, 0) is 4.74 Å². The topological polar surface area (TPSA) is 79.8 Å². The number of amides is 2. The number of urea groups is 1. The standard InChI is InChI=1S/C22H23Cl2N5O3/c1-28(13-14-31-2)21-25-12-11-19(26-21)29(15-7-9-16(32-3)10-8-15)22(30)27-20-17(23)5-4-6-18(20)24/h4-12H,13-14H2,1-3H3,(H,27,30). The summed E-state index contributed by atoms with van der Waals surface area (Å²) in [5, 5.41) is 3.43. The molecule has 0 fully saturated rings. The largest absolute Gasteiger partial charge is 0.497 e. The maximum Gasteiger partial charge on any atom is 0.332 e. The number of likely N-dealkylation sites (N-methyl/N-ethyl adjacent to an activating group) is 1. The van der Waals surface area contributed by atoms with E-state index in [2.05, 4.69) is 15.3 Å². The second-order valence-electron chi connectivity index (χ2n) is 6.69. The predicted molar refractivity (Wildman–Crippen MR) is 128 cm³/mol. The van der Waals surface area contributed by atoms with E-state index in [-0.39, 0.29) is 0 Å². The lowest BCUT2D eigenvalue weighted by Crippen LogP contribution is -2.32. The van der Waals surface area contributed by atoms with Crippen molar-refractivity contribution in [2.75, 3.05) is 49.5 Å². The minimum Gasteiger partial charge on any atom is -0.497 e. The number of nitrogens with one attached hydrogen (secondary N) is 1.